The minimum absolute atomic E-state index is 0.125. The average molecular weight is 473 g/mol. The number of unbranched alkanes of at least 4 members (excludes halogenated alkanes) is 1. The molecule has 1 aromatic carbocycles. The van der Waals surface area contributed by atoms with Gasteiger partial charge in [0, 0.05) is 25.8 Å². The fraction of sp³-hybridized carbons (Fsp3) is 0.414. The Morgan fingerprint density at radius 2 is 1.65 bits per heavy atom. The van der Waals surface area contributed by atoms with E-state index >= 15 is 0 Å². The Balaban J connectivity index is 0.000000609. The number of carbonyl (C=O) groups excluding carboxylic acids is 1. The number of carbonyl (C=O) groups is 1. The van der Waals surface area contributed by atoms with E-state index < -0.39 is 11.7 Å². The maximum Gasteiger partial charge on any atom is 0.230 e. The van der Waals surface area contributed by atoms with Crippen LogP contribution in [0.15, 0.2) is 91.2 Å². The van der Waals surface area contributed by atoms with E-state index in [1.807, 2.05) is 31.2 Å². The highest BCUT2D eigenvalue weighted by molar-refractivity contribution is 5.88. The summed E-state index contributed by atoms with van der Waals surface area (Å²) in [4.78, 5) is 14.7. The minimum atomic E-state index is -1.03. The van der Waals surface area contributed by atoms with E-state index in [9.17, 15) is 13.6 Å². The predicted molar refractivity (Wildman–Crippen MR) is 142 cm³/mol. The second-order valence-corrected chi connectivity index (χ2v) is 8.49. The molecule has 3 nitrogen and oxygen atoms in total. The standard InChI is InChI=1S/C16H22N2O.C8H10F2.C5H10/c1-13(2)18-11-9-16(10-12-18,15(19)17-3)14-7-5-4-6-8-14;1-6(2)4-5-8(10)7(3)9;1-3-5-4-2/h4-8H,1,9-12H2,2-3H3,(H,17,19);4-5H,3H2,1-2H3;3H,1,4-5H2,2H3/b;8-5+;. The molecule has 0 bridgehead atoms. The molecule has 1 aromatic rings. The van der Waals surface area contributed by atoms with Crippen LogP contribution in [0.25, 0.3) is 0 Å². The van der Waals surface area contributed by atoms with Crippen LogP contribution in [0.3, 0.4) is 0 Å². The number of rotatable bonds is 7. The molecule has 0 radical (unpaired) electrons. The second kappa shape index (κ2) is 16.6. The topological polar surface area (TPSA) is 32.3 Å². The van der Waals surface area contributed by atoms with Gasteiger partial charge in [-0.05, 0) is 51.7 Å². The van der Waals surface area contributed by atoms with Gasteiger partial charge in [-0.15, -0.1) is 6.58 Å². The Labute approximate surface area is 205 Å². The molecule has 1 saturated heterocycles. The molecule has 1 fully saturated rings. The first-order chi connectivity index (χ1) is 16.0. The number of halogens is 2. The number of hydrogen-bond donors (Lipinski definition) is 1. The fourth-order valence-electron chi connectivity index (χ4n) is 3.45. The summed E-state index contributed by atoms with van der Waals surface area (Å²) in [5.74, 6) is -1.82. The summed E-state index contributed by atoms with van der Waals surface area (Å²) in [6.45, 7) is 19.9. The Kier molecular flexibility index (Phi) is 15.2. The van der Waals surface area contributed by atoms with Crippen molar-refractivity contribution in [2.24, 2.45) is 0 Å². The van der Waals surface area contributed by atoms with Gasteiger partial charge in [-0.1, -0.05) is 74.6 Å². The van der Waals surface area contributed by atoms with Crippen LogP contribution in [0.1, 0.15) is 58.9 Å². The zero-order valence-electron chi connectivity index (χ0n) is 21.6. The van der Waals surface area contributed by atoms with E-state index in [0.29, 0.717) is 0 Å². The first kappa shape index (κ1) is 31.0. The van der Waals surface area contributed by atoms with Crippen molar-refractivity contribution in [2.45, 2.75) is 58.8 Å². The first-order valence-electron chi connectivity index (χ1n) is 11.7. The highest BCUT2D eigenvalue weighted by Crippen LogP contribution is 2.36. The lowest BCUT2D eigenvalue weighted by Gasteiger charge is -2.41. The van der Waals surface area contributed by atoms with Gasteiger partial charge in [-0.3, -0.25) is 4.79 Å². The number of likely N-dealkylation sites (tertiary alicyclic amines) is 1. The number of benzene rings is 1. The minimum Gasteiger partial charge on any atom is -0.375 e. The third-order valence-corrected chi connectivity index (χ3v) is 5.46. The van der Waals surface area contributed by atoms with Crippen molar-refractivity contribution in [1.82, 2.24) is 10.2 Å². The van der Waals surface area contributed by atoms with Gasteiger partial charge >= 0.3 is 0 Å². The second-order valence-electron chi connectivity index (χ2n) is 8.49. The molecule has 1 aliphatic heterocycles. The number of nitrogens with zero attached hydrogens (tertiary/aromatic N) is 1. The first-order valence-corrected chi connectivity index (χ1v) is 11.7. The molecule has 34 heavy (non-hydrogen) atoms. The Hall–Kier alpha value is -2.95. The molecule has 0 saturated carbocycles. The van der Waals surface area contributed by atoms with Crippen LogP contribution in [-0.4, -0.2) is 30.9 Å². The molecule has 1 aliphatic rings. The third-order valence-electron chi connectivity index (χ3n) is 5.46. The Bertz CT molecular complexity index is 844. The summed E-state index contributed by atoms with van der Waals surface area (Å²) in [5.41, 5.74) is 2.73. The van der Waals surface area contributed by atoms with Gasteiger partial charge in [0.2, 0.25) is 5.91 Å². The number of nitrogens with one attached hydrogen (secondary N) is 1. The third kappa shape index (κ3) is 10.8. The summed E-state index contributed by atoms with van der Waals surface area (Å²) in [6, 6.07) is 10.1. The fourth-order valence-corrected chi connectivity index (χ4v) is 3.45. The maximum atomic E-state index is 12.4. The summed E-state index contributed by atoms with van der Waals surface area (Å²) in [5, 5.41) is 2.84. The van der Waals surface area contributed by atoms with Gasteiger partial charge in [-0.2, -0.15) is 0 Å². The van der Waals surface area contributed by atoms with E-state index in [1.165, 1.54) is 12.5 Å². The number of amides is 1. The van der Waals surface area contributed by atoms with E-state index in [-0.39, 0.29) is 11.3 Å². The van der Waals surface area contributed by atoms with Crippen molar-refractivity contribution >= 4 is 5.91 Å². The van der Waals surface area contributed by atoms with Gasteiger partial charge in [0.15, 0.2) is 11.7 Å². The van der Waals surface area contributed by atoms with Gasteiger partial charge in [-0.25, -0.2) is 8.78 Å². The van der Waals surface area contributed by atoms with Crippen molar-refractivity contribution in [3.05, 3.63) is 96.8 Å². The zero-order chi connectivity index (χ0) is 26.1. The molecular formula is C29H42F2N2O. The molecule has 1 amide bonds. The summed E-state index contributed by atoms with van der Waals surface area (Å²) in [7, 11) is 1.72. The van der Waals surface area contributed by atoms with Gasteiger partial charge < -0.3 is 10.2 Å². The summed E-state index contributed by atoms with van der Waals surface area (Å²) >= 11 is 0. The molecule has 0 aromatic heterocycles. The largest absolute Gasteiger partial charge is 0.375 e. The molecule has 0 unspecified atom stereocenters. The Morgan fingerprint density at radius 3 is 2.00 bits per heavy atom. The van der Waals surface area contributed by atoms with Crippen molar-refractivity contribution in [3.63, 3.8) is 0 Å². The van der Waals surface area contributed by atoms with Crippen LogP contribution >= 0.6 is 0 Å². The lowest BCUT2D eigenvalue weighted by atomic mass is 9.72. The van der Waals surface area contributed by atoms with Gasteiger partial charge in [0.25, 0.3) is 0 Å². The van der Waals surface area contributed by atoms with Crippen LogP contribution in [-0.2, 0) is 10.2 Å². The highest BCUT2D eigenvalue weighted by Gasteiger charge is 2.42. The molecule has 5 heteroatoms. The summed E-state index contributed by atoms with van der Waals surface area (Å²) in [6.07, 6.45) is 8.52. The summed E-state index contributed by atoms with van der Waals surface area (Å²) < 4.78 is 24.1. The van der Waals surface area contributed by atoms with E-state index in [2.05, 4.69) is 49.0 Å². The highest BCUT2D eigenvalue weighted by atomic mass is 19.2. The van der Waals surface area contributed by atoms with Crippen LogP contribution in [0, 0.1) is 0 Å². The Morgan fingerprint density at radius 1 is 1.09 bits per heavy atom. The smallest absolute Gasteiger partial charge is 0.230 e. The van der Waals surface area contributed by atoms with Crippen LogP contribution in [0.4, 0.5) is 8.78 Å². The van der Waals surface area contributed by atoms with E-state index in [1.54, 1.807) is 20.9 Å². The van der Waals surface area contributed by atoms with E-state index in [4.69, 9.17) is 0 Å². The molecule has 1 heterocycles. The van der Waals surface area contributed by atoms with Crippen molar-refractivity contribution in [3.8, 4) is 0 Å². The number of allylic oxidation sites excluding steroid dienone is 7. The molecular weight excluding hydrogens is 430 g/mol. The lowest BCUT2D eigenvalue weighted by molar-refractivity contribution is -0.128. The van der Waals surface area contributed by atoms with Crippen LogP contribution in [0.2, 0.25) is 0 Å². The van der Waals surface area contributed by atoms with Crippen LogP contribution in [0.5, 0.6) is 0 Å². The average Bonchev–Trinajstić information content (AvgIpc) is 2.83. The van der Waals surface area contributed by atoms with Crippen LogP contribution < -0.4 is 5.32 Å². The maximum absolute atomic E-state index is 12.4. The van der Waals surface area contributed by atoms with Crippen molar-refractivity contribution in [1.29, 1.82) is 0 Å². The van der Waals surface area contributed by atoms with Crippen molar-refractivity contribution in [2.75, 3.05) is 20.1 Å². The molecule has 2 rings (SSSR count). The predicted octanol–water partition coefficient (Wildman–Crippen LogP) is 7.56. The molecule has 0 atom stereocenters. The molecule has 1 N–H and O–H groups in total. The van der Waals surface area contributed by atoms with E-state index in [0.717, 1.165) is 55.3 Å². The number of likely N-dealkylation sites (N-methyl/N-ethyl adjacent to an activating group) is 1. The van der Waals surface area contributed by atoms with Gasteiger partial charge in [0.1, 0.15) is 0 Å². The number of piperidine rings is 1. The van der Waals surface area contributed by atoms with Gasteiger partial charge in [0.05, 0.1) is 5.41 Å². The zero-order valence-corrected chi connectivity index (χ0v) is 21.6. The SMILES string of the molecule is C=C(C)N1CCC(C(=O)NC)(c2ccccc2)CC1.C=C(F)/C(F)=C\C=C(C)C.C=CCCC. The molecule has 0 aliphatic carbocycles. The monoisotopic (exact) mass is 472 g/mol. The molecule has 0 spiro atoms. The normalized spacial score (nSPS) is 14.3. The number of hydrogen-bond acceptors (Lipinski definition) is 2. The lowest BCUT2D eigenvalue weighted by Crippen LogP contribution is -2.50. The van der Waals surface area contributed by atoms with Crippen molar-refractivity contribution < 1.29 is 13.6 Å². The molecule has 188 valence electrons. The quantitative estimate of drug-likeness (QED) is 0.328.